The zero-order chi connectivity index (χ0) is 11.4. The Morgan fingerprint density at radius 1 is 1.31 bits per heavy atom. The van der Waals surface area contributed by atoms with Gasteiger partial charge in [-0.25, -0.2) is 0 Å². The van der Waals surface area contributed by atoms with Gasteiger partial charge in [0.25, 0.3) is 0 Å². The summed E-state index contributed by atoms with van der Waals surface area (Å²) in [5, 5.41) is 0. The summed E-state index contributed by atoms with van der Waals surface area (Å²) in [6.07, 6.45) is 3.83. The predicted octanol–water partition coefficient (Wildman–Crippen LogP) is 2.42. The molecule has 2 rings (SSSR count). The van der Waals surface area contributed by atoms with E-state index >= 15 is 0 Å². The molecule has 1 aliphatic rings. The van der Waals surface area contributed by atoms with Gasteiger partial charge < -0.3 is 10.6 Å². The minimum absolute atomic E-state index is 0.575. The van der Waals surface area contributed by atoms with Gasteiger partial charge >= 0.3 is 0 Å². The number of hydrogen-bond donors (Lipinski definition) is 1. The Labute approximate surface area is 98.4 Å². The summed E-state index contributed by atoms with van der Waals surface area (Å²) in [6, 6.07) is 8.81. The Morgan fingerprint density at radius 2 is 2.12 bits per heavy atom. The minimum atomic E-state index is 0.575. The van der Waals surface area contributed by atoms with Crippen LogP contribution in [0.2, 0.25) is 0 Å². The molecular formula is C14H22N2. The van der Waals surface area contributed by atoms with Crippen molar-refractivity contribution in [3.8, 4) is 0 Å². The topological polar surface area (TPSA) is 29.3 Å². The molecule has 1 aliphatic heterocycles. The number of nitrogens with two attached hydrogens (primary N) is 1. The van der Waals surface area contributed by atoms with Gasteiger partial charge in [-0.15, -0.1) is 0 Å². The van der Waals surface area contributed by atoms with Gasteiger partial charge in [0.15, 0.2) is 0 Å². The van der Waals surface area contributed by atoms with Crippen molar-refractivity contribution in [3.63, 3.8) is 0 Å². The molecule has 0 radical (unpaired) electrons. The van der Waals surface area contributed by atoms with Crippen LogP contribution in [0.5, 0.6) is 0 Å². The average Bonchev–Trinajstić information content (AvgIpc) is 2.52. The summed E-state index contributed by atoms with van der Waals surface area (Å²) in [5.41, 5.74) is 8.66. The maximum atomic E-state index is 5.72. The van der Waals surface area contributed by atoms with Crippen LogP contribution in [-0.4, -0.2) is 19.6 Å². The lowest BCUT2D eigenvalue weighted by Gasteiger charge is -2.27. The number of nitrogens with zero attached hydrogens (tertiary/aromatic N) is 1. The summed E-state index contributed by atoms with van der Waals surface area (Å²) >= 11 is 0. The molecule has 88 valence electrons. The van der Waals surface area contributed by atoms with Crippen LogP contribution in [0.4, 0.5) is 5.69 Å². The molecule has 0 saturated heterocycles. The monoisotopic (exact) mass is 218 g/mol. The summed E-state index contributed by atoms with van der Waals surface area (Å²) < 4.78 is 0. The number of hydrogen-bond acceptors (Lipinski definition) is 2. The molecule has 0 bridgehead atoms. The van der Waals surface area contributed by atoms with Crippen LogP contribution < -0.4 is 10.6 Å². The lowest BCUT2D eigenvalue weighted by atomic mass is 10.1. The highest BCUT2D eigenvalue weighted by molar-refractivity contribution is 5.54. The molecule has 1 aromatic rings. The quantitative estimate of drug-likeness (QED) is 0.844. The third kappa shape index (κ3) is 2.56. The Bertz CT molecular complexity index is 335. The lowest BCUT2D eigenvalue weighted by Crippen LogP contribution is -2.32. The first-order valence-corrected chi connectivity index (χ1v) is 6.34. The van der Waals surface area contributed by atoms with E-state index in [9.17, 15) is 0 Å². The van der Waals surface area contributed by atoms with E-state index in [1.54, 1.807) is 0 Å². The minimum Gasteiger partial charge on any atom is -0.371 e. The normalized spacial score (nSPS) is 17.8. The number of fused-ring (bicyclic) bond motifs is 1. The summed E-state index contributed by atoms with van der Waals surface area (Å²) in [4.78, 5) is 2.51. The number of aryl methyl sites for hydroxylation is 1. The van der Waals surface area contributed by atoms with Gasteiger partial charge in [0.1, 0.15) is 0 Å². The second-order valence-electron chi connectivity index (χ2n) is 4.87. The molecule has 16 heavy (non-hydrogen) atoms. The van der Waals surface area contributed by atoms with Crippen molar-refractivity contribution in [1.29, 1.82) is 0 Å². The Balaban J connectivity index is 2.19. The fourth-order valence-corrected chi connectivity index (χ4v) is 2.41. The van der Waals surface area contributed by atoms with Crippen LogP contribution in [-0.2, 0) is 6.42 Å². The first kappa shape index (κ1) is 11.5. The van der Waals surface area contributed by atoms with Crippen LogP contribution >= 0.6 is 0 Å². The third-order valence-electron chi connectivity index (χ3n) is 3.39. The molecule has 0 saturated carbocycles. The van der Waals surface area contributed by atoms with E-state index in [-0.39, 0.29) is 0 Å². The summed E-state index contributed by atoms with van der Waals surface area (Å²) in [6.45, 7) is 5.28. The molecule has 1 atom stereocenters. The van der Waals surface area contributed by atoms with Gasteiger partial charge in [-0.3, -0.25) is 0 Å². The number of rotatable bonds is 3. The van der Waals surface area contributed by atoms with Crippen molar-refractivity contribution in [2.24, 2.45) is 11.7 Å². The largest absolute Gasteiger partial charge is 0.371 e. The van der Waals surface area contributed by atoms with Crippen molar-refractivity contribution in [2.75, 3.05) is 24.5 Å². The van der Waals surface area contributed by atoms with Crippen molar-refractivity contribution in [1.82, 2.24) is 0 Å². The third-order valence-corrected chi connectivity index (χ3v) is 3.39. The molecule has 1 heterocycles. The van der Waals surface area contributed by atoms with Crippen molar-refractivity contribution in [3.05, 3.63) is 29.8 Å². The zero-order valence-electron chi connectivity index (χ0n) is 10.2. The van der Waals surface area contributed by atoms with Crippen molar-refractivity contribution >= 4 is 5.69 Å². The van der Waals surface area contributed by atoms with Crippen molar-refractivity contribution < 1.29 is 0 Å². The van der Waals surface area contributed by atoms with E-state index < -0.39 is 0 Å². The Morgan fingerprint density at radius 3 is 2.94 bits per heavy atom. The molecular weight excluding hydrogens is 196 g/mol. The molecule has 1 aromatic carbocycles. The fourth-order valence-electron chi connectivity index (χ4n) is 2.41. The van der Waals surface area contributed by atoms with Gasteiger partial charge in [0, 0.05) is 18.8 Å². The van der Waals surface area contributed by atoms with Crippen LogP contribution in [0.1, 0.15) is 25.3 Å². The maximum absolute atomic E-state index is 5.72. The van der Waals surface area contributed by atoms with Crippen molar-refractivity contribution in [2.45, 2.75) is 26.2 Å². The summed E-state index contributed by atoms with van der Waals surface area (Å²) in [7, 11) is 0. The van der Waals surface area contributed by atoms with E-state index in [1.807, 2.05) is 0 Å². The lowest BCUT2D eigenvalue weighted by molar-refractivity contribution is 0.564. The van der Waals surface area contributed by atoms with E-state index in [4.69, 9.17) is 5.73 Å². The summed E-state index contributed by atoms with van der Waals surface area (Å²) in [5.74, 6) is 0.575. The number of anilines is 1. The molecule has 0 fully saturated rings. The van der Waals surface area contributed by atoms with Crippen LogP contribution in [0.15, 0.2) is 24.3 Å². The highest BCUT2D eigenvalue weighted by Gasteiger charge is 2.15. The predicted molar refractivity (Wildman–Crippen MR) is 69.8 cm³/mol. The molecule has 0 aliphatic carbocycles. The van der Waals surface area contributed by atoms with Gasteiger partial charge in [-0.05, 0) is 43.4 Å². The van der Waals surface area contributed by atoms with Gasteiger partial charge in [0.05, 0.1) is 0 Å². The second kappa shape index (κ2) is 5.35. The van der Waals surface area contributed by atoms with E-state index in [0.717, 1.165) is 13.1 Å². The van der Waals surface area contributed by atoms with Crippen LogP contribution in [0.3, 0.4) is 0 Å². The molecule has 0 aromatic heterocycles. The second-order valence-corrected chi connectivity index (χ2v) is 4.87. The Hall–Kier alpha value is -1.02. The molecule has 0 amide bonds. The zero-order valence-corrected chi connectivity index (χ0v) is 10.2. The van der Waals surface area contributed by atoms with Crippen LogP contribution in [0.25, 0.3) is 0 Å². The van der Waals surface area contributed by atoms with Gasteiger partial charge in [-0.2, -0.15) is 0 Å². The average molecular weight is 218 g/mol. The SMILES string of the molecule is CC(CN)CN1CCCCc2ccccc21. The number of benzene rings is 1. The smallest absolute Gasteiger partial charge is 0.0398 e. The highest BCUT2D eigenvalue weighted by atomic mass is 15.1. The first-order valence-electron chi connectivity index (χ1n) is 6.34. The standard InChI is InChI=1S/C14H22N2/c1-12(10-15)11-16-9-5-4-7-13-6-2-3-8-14(13)16/h2-3,6,8,12H,4-5,7,9-11,15H2,1H3. The first-order chi connectivity index (χ1) is 7.81. The molecule has 2 heteroatoms. The molecule has 1 unspecified atom stereocenters. The van der Waals surface area contributed by atoms with E-state index in [2.05, 4.69) is 36.1 Å². The van der Waals surface area contributed by atoms with Gasteiger partial charge in [0.2, 0.25) is 0 Å². The molecule has 2 nitrogen and oxygen atoms in total. The maximum Gasteiger partial charge on any atom is 0.0398 e. The fraction of sp³-hybridized carbons (Fsp3) is 0.571. The van der Waals surface area contributed by atoms with Crippen LogP contribution in [0, 0.1) is 5.92 Å². The van der Waals surface area contributed by atoms with E-state index in [0.29, 0.717) is 5.92 Å². The highest BCUT2D eigenvalue weighted by Crippen LogP contribution is 2.26. The molecule has 0 spiro atoms. The van der Waals surface area contributed by atoms with Gasteiger partial charge in [-0.1, -0.05) is 25.1 Å². The Kier molecular flexibility index (Phi) is 3.83. The molecule has 2 N–H and O–H groups in total. The van der Waals surface area contributed by atoms with E-state index in [1.165, 1.54) is 37.1 Å². The number of para-hydroxylation sites is 1.